The lowest BCUT2D eigenvalue weighted by atomic mass is 10.1. The van der Waals surface area contributed by atoms with Crippen molar-refractivity contribution in [2.24, 2.45) is 0 Å². The molecule has 106 valence electrons. The van der Waals surface area contributed by atoms with Crippen molar-refractivity contribution in [3.8, 4) is 0 Å². The minimum atomic E-state index is 0.0291. The molecule has 1 aliphatic heterocycles. The molecule has 1 fully saturated rings. The molecule has 0 aliphatic carbocycles. The number of H-pyrrole nitrogens is 1. The van der Waals surface area contributed by atoms with Crippen molar-refractivity contribution < 1.29 is 4.74 Å². The van der Waals surface area contributed by atoms with Crippen LogP contribution in [0.1, 0.15) is 17.4 Å². The van der Waals surface area contributed by atoms with Gasteiger partial charge in [-0.05, 0) is 17.7 Å². The molecule has 6 heteroatoms. The van der Waals surface area contributed by atoms with Crippen molar-refractivity contribution in [3.05, 3.63) is 52.0 Å². The van der Waals surface area contributed by atoms with Gasteiger partial charge in [0.25, 0.3) is 0 Å². The molecule has 1 aliphatic rings. The third-order valence-electron chi connectivity index (χ3n) is 3.41. The predicted molar refractivity (Wildman–Crippen MR) is 79.0 cm³/mol. The summed E-state index contributed by atoms with van der Waals surface area (Å²) in [5.41, 5.74) is 2.17. The Bertz CT molecular complexity index is 574. The van der Waals surface area contributed by atoms with Gasteiger partial charge in [0.15, 0.2) is 0 Å². The third kappa shape index (κ3) is 3.15. The topological polar surface area (TPSA) is 41.2 Å². The Labute approximate surface area is 127 Å². The number of aromatic amines is 1. The Hall–Kier alpha value is -1.07. The molecular formula is C14H15Cl2N3O. The molecule has 1 atom stereocenters. The Morgan fingerprint density at radius 1 is 1.35 bits per heavy atom. The summed E-state index contributed by atoms with van der Waals surface area (Å²) in [6.45, 7) is 3.30. The summed E-state index contributed by atoms with van der Waals surface area (Å²) in [4.78, 5) is 9.50. The summed E-state index contributed by atoms with van der Waals surface area (Å²) in [5.74, 6) is 0. The van der Waals surface area contributed by atoms with Crippen molar-refractivity contribution in [3.63, 3.8) is 0 Å². The number of hydrogen-bond acceptors (Lipinski definition) is 3. The van der Waals surface area contributed by atoms with Crippen LogP contribution in [-0.2, 0) is 11.3 Å². The smallest absolute Gasteiger partial charge is 0.0953 e. The van der Waals surface area contributed by atoms with E-state index in [9.17, 15) is 0 Å². The number of rotatable bonds is 3. The number of imidazole rings is 1. The molecule has 2 heterocycles. The van der Waals surface area contributed by atoms with Crippen molar-refractivity contribution in [1.82, 2.24) is 14.9 Å². The van der Waals surface area contributed by atoms with Gasteiger partial charge in [-0.3, -0.25) is 4.90 Å². The second kappa shape index (κ2) is 6.14. The highest BCUT2D eigenvalue weighted by atomic mass is 35.5. The standard InChI is InChI=1S/C14H15Cl2N3O/c15-12-2-1-10(5-13(12)16)14-8-19(3-4-20-14)7-11-6-17-9-18-11/h1-2,5-6,9,14H,3-4,7-8H2,(H,17,18)/t14-/m1/s1. The lowest BCUT2D eigenvalue weighted by molar-refractivity contribution is -0.0332. The minimum Gasteiger partial charge on any atom is -0.371 e. The van der Waals surface area contributed by atoms with Gasteiger partial charge in [-0.15, -0.1) is 0 Å². The van der Waals surface area contributed by atoms with E-state index in [1.807, 2.05) is 24.4 Å². The van der Waals surface area contributed by atoms with E-state index in [1.165, 1.54) is 0 Å². The first-order valence-corrected chi connectivity index (χ1v) is 7.24. The van der Waals surface area contributed by atoms with E-state index < -0.39 is 0 Å². The number of halogens is 2. The van der Waals surface area contributed by atoms with E-state index in [-0.39, 0.29) is 6.10 Å². The van der Waals surface area contributed by atoms with Crippen LogP contribution in [0, 0.1) is 0 Å². The van der Waals surface area contributed by atoms with Gasteiger partial charge in [-0.2, -0.15) is 0 Å². The maximum atomic E-state index is 6.07. The average Bonchev–Trinajstić information content (AvgIpc) is 2.95. The Kier molecular flexibility index (Phi) is 4.27. The molecule has 1 N–H and O–H groups in total. The molecule has 0 amide bonds. The zero-order valence-electron chi connectivity index (χ0n) is 10.9. The highest BCUT2D eigenvalue weighted by Crippen LogP contribution is 2.29. The van der Waals surface area contributed by atoms with Crippen molar-refractivity contribution in [2.75, 3.05) is 19.7 Å². The first-order chi connectivity index (χ1) is 9.72. The largest absolute Gasteiger partial charge is 0.371 e. The molecule has 0 radical (unpaired) electrons. The van der Waals surface area contributed by atoms with Crippen LogP contribution in [0.2, 0.25) is 10.0 Å². The zero-order chi connectivity index (χ0) is 13.9. The monoisotopic (exact) mass is 311 g/mol. The number of benzene rings is 1. The summed E-state index contributed by atoms with van der Waals surface area (Å²) in [6.07, 6.45) is 3.58. The quantitative estimate of drug-likeness (QED) is 0.945. The van der Waals surface area contributed by atoms with Crippen LogP contribution in [0.5, 0.6) is 0 Å². The van der Waals surface area contributed by atoms with Gasteiger partial charge in [0.2, 0.25) is 0 Å². The predicted octanol–water partition coefficient (Wildman–Crippen LogP) is 3.29. The minimum absolute atomic E-state index is 0.0291. The van der Waals surface area contributed by atoms with Crippen molar-refractivity contribution in [2.45, 2.75) is 12.6 Å². The molecule has 1 aromatic heterocycles. The van der Waals surface area contributed by atoms with E-state index in [0.717, 1.165) is 30.9 Å². The molecule has 20 heavy (non-hydrogen) atoms. The van der Waals surface area contributed by atoms with Gasteiger partial charge in [0, 0.05) is 31.5 Å². The second-order valence-electron chi connectivity index (χ2n) is 4.84. The Morgan fingerprint density at radius 3 is 3.00 bits per heavy atom. The fourth-order valence-electron chi connectivity index (χ4n) is 2.37. The van der Waals surface area contributed by atoms with E-state index in [1.54, 1.807) is 6.33 Å². The maximum Gasteiger partial charge on any atom is 0.0953 e. The van der Waals surface area contributed by atoms with Crippen LogP contribution >= 0.6 is 23.2 Å². The molecule has 3 rings (SSSR count). The summed E-state index contributed by atoms with van der Waals surface area (Å²) in [5, 5.41) is 1.14. The molecule has 0 saturated carbocycles. The van der Waals surface area contributed by atoms with Crippen LogP contribution in [0.15, 0.2) is 30.7 Å². The maximum absolute atomic E-state index is 6.07. The van der Waals surface area contributed by atoms with Gasteiger partial charge < -0.3 is 9.72 Å². The Morgan fingerprint density at radius 2 is 2.25 bits per heavy atom. The number of ether oxygens (including phenoxy) is 1. The molecule has 0 unspecified atom stereocenters. The third-order valence-corrected chi connectivity index (χ3v) is 4.15. The lowest BCUT2D eigenvalue weighted by Gasteiger charge is -2.32. The molecule has 4 nitrogen and oxygen atoms in total. The molecule has 0 bridgehead atoms. The van der Waals surface area contributed by atoms with Crippen LogP contribution in [0.3, 0.4) is 0 Å². The van der Waals surface area contributed by atoms with Crippen LogP contribution < -0.4 is 0 Å². The number of nitrogens with zero attached hydrogens (tertiary/aromatic N) is 2. The van der Waals surface area contributed by atoms with E-state index in [4.69, 9.17) is 27.9 Å². The van der Waals surface area contributed by atoms with Crippen LogP contribution in [-0.4, -0.2) is 34.6 Å². The van der Waals surface area contributed by atoms with Gasteiger partial charge in [0.1, 0.15) is 0 Å². The molecule has 1 aromatic carbocycles. The van der Waals surface area contributed by atoms with E-state index >= 15 is 0 Å². The molecule has 2 aromatic rings. The second-order valence-corrected chi connectivity index (χ2v) is 5.66. The number of aromatic nitrogens is 2. The summed E-state index contributed by atoms with van der Waals surface area (Å²) in [7, 11) is 0. The number of nitrogens with one attached hydrogen (secondary N) is 1. The van der Waals surface area contributed by atoms with Gasteiger partial charge in [0.05, 0.1) is 29.1 Å². The fourth-order valence-corrected chi connectivity index (χ4v) is 2.68. The summed E-state index contributed by atoms with van der Waals surface area (Å²) in [6, 6.07) is 5.67. The highest BCUT2D eigenvalue weighted by molar-refractivity contribution is 6.42. The Balaban J connectivity index is 1.69. The molecular weight excluding hydrogens is 297 g/mol. The van der Waals surface area contributed by atoms with E-state index in [2.05, 4.69) is 14.9 Å². The SMILES string of the molecule is Clc1ccc([C@H]2CN(Cc3cnc[nH]3)CCO2)cc1Cl. The summed E-state index contributed by atoms with van der Waals surface area (Å²) < 4.78 is 5.84. The first-order valence-electron chi connectivity index (χ1n) is 6.48. The molecule has 1 saturated heterocycles. The van der Waals surface area contributed by atoms with Crippen molar-refractivity contribution >= 4 is 23.2 Å². The number of morpholine rings is 1. The summed E-state index contributed by atoms with van der Waals surface area (Å²) >= 11 is 12.0. The first kappa shape index (κ1) is 13.9. The van der Waals surface area contributed by atoms with Gasteiger partial charge in [-0.25, -0.2) is 4.98 Å². The lowest BCUT2D eigenvalue weighted by Crippen LogP contribution is -2.37. The number of hydrogen-bond donors (Lipinski definition) is 1. The van der Waals surface area contributed by atoms with Crippen LogP contribution in [0.4, 0.5) is 0 Å². The normalized spacial score (nSPS) is 20.2. The zero-order valence-corrected chi connectivity index (χ0v) is 12.4. The fraction of sp³-hybridized carbons (Fsp3) is 0.357. The van der Waals surface area contributed by atoms with Gasteiger partial charge in [-0.1, -0.05) is 29.3 Å². The van der Waals surface area contributed by atoms with Gasteiger partial charge >= 0.3 is 0 Å². The van der Waals surface area contributed by atoms with Crippen LogP contribution in [0.25, 0.3) is 0 Å². The van der Waals surface area contributed by atoms with Crippen molar-refractivity contribution in [1.29, 1.82) is 0 Å². The molecule has 0 spiro atoms. The average molecular weight is 312 g/mol. The highest BCUT2D eigenvalue weighted by Gasteiger charge is 2.22. The van der Waals surface area contributed by atoms with E-state index in [0.29, 0.717) is 16.7 Å².